The standard InChI is InChI=1S/C15H11NO2/c17-13-8-6-11(7-9-13)14-10-15(18-16-14)12-4-2-1-3-5-12/h1-10,17H. The first-order valence-electron chi connectivity index (χ1n) is 5.64. The second-order valence-electron chi connectivity index (χ2n) is 3.99. The maximum absolute atomic E-state index is 9.24. The number of benzene rings is 2. The van der Waals surface area contributed by atoms with Crippen molar-refractivity contribution in [1.29, 1.82) is 0 Å². The third-order valence-electron chi connectivity index (χ3n) is 2.73. The molecule has 0 spiro atoms. The van der Waals surface area contributed by atoms with Gasteiger partial charge in [-0.2, -0.15) is 0 Å². The van der Waals surface area contributed by atoms with Crippen LogP contribution in [0.15, 0.2) is 65.2 Å². The van der Waals surface area contributed by atoms with Crippen LogP contribution < -0.4 is 0 Å². The van der Waals surface area contributed by atoms with Crippen molar-refractivity contribution in [2.75, 3.05) is 0 Å². The summed E-state index contributed by atoms with van der Waals surface area (Å²) in [5.41, 5.74) is 2.67. The van der Waals surface area contributed by atoms with Gasteiger partial charge in [0.25, 0.3) is 0 Å². The monoisotopic (exact) mass is 237 g/mol. The van der Waals surface area contributed by atoms with E-state index in [1.165, 1.54) is 0 Å². The fourth-order valence-electron chi connectivity index (χ4n) is 1.78. The van der Waals surface area contributed by atoms with Gasteiger partial charge in [-0.25, -0.2) is 0 Å². The van der Waals surface area contributed by atoms with Crippen LogP contribution in [0.2, 0.25) is 0 Å². The topological polar surface area (TPSA) is 46.3 Å². The van der Waals surface area contributed by atoms with Crippen molar-refractivity contribution in [3.05, 3.63) is 60.7 Å². The summed E-state index contributed by atoms with van der Waals surface area (Å²) in [7, 11) is 0. The zero-order valence-electron chi connectivity index (χ0n) is 9.58. The molecule has 0 bridgehead atoms. The van der Waals surface area contributed by atoms with Crippen molar-refractivity contribution in [3.8, 4) is 28.3 Å². The molecule has 0 saturated carbocycles. The fraction of sp³-hybridized carbons (Fsp3) is 0. The summed E-state index contributed by atoms with van der Waals surface area (Å²) >= 11 is 0. The first kappa shape index (κ1) is 10.6. The Labute approximate surface area is 104 Å². The van der Waals surface area contributed by atoms with Crippen LogP contribution in [-0.2, 0) is 0 Å². The highest BCUT2D eigenvalue weighted by Crippen LogP contribution is 2.26. The van der Waals surface area contributed by atoms with E-state index in [9.17, 15) is 5.11 Å². The smallest absolute Gasteiger partial charge is 0.167 e. The molecule has 3 rings (SSSR count). The minimum atomic E-state index is 0.241. The maximum Gasteiger partial charge on any atom is 0.167 e. The molecule has 0 aliphatic rings. The highest BCUT2D eigenvalue weighted by atomic mass is 16.5. The minimum Gasteiger partial charge on any atom is -0.508 e. The van der Waals surface area contributed by atoms with Crippen molar-refractivity contribution in [2.45, 2.75) is 0 Å². The third-order valence-corrected chi connectivity index (χ3v) is 2.73. The second-order valence-corrected chi connectivity index (χ2v) is 3.99. The second kappa shape index (κ2) is 4.37. The van der Waals surface area contributed by atoms with Gasteiger partial charge in [0.15, 0.2) is 5.76 Å². The van der Waals surface area contributed by atoms with E-state index < -0.39 is 0 Å². The molecule has 1 N–H and O–H groups in total. The van der Waals surface area contributed by atoms with Crippen molar-refractivity contribution in [3.63, 3.8) is 0 Å². The van der Waals surface area contributed by atoms with Gasteiger partial charge in [0, 0.05) is 17.2 Å². The number of rotatable bonds is 2. The van der Waals surface area contributed by atoms with E-state index >= 15 is 0 Å². The van der Waals surface area contributed by atoms with Crippen LogP contribution in [0, 0.1) is 0 Å². The molecule has 3 heteroatoms. The van der Waals surface area contributed by atoms with Crippen LogP contribution in [0.4, 0.5) is 0 Å². The van der Waals surface area contributed by atoms with E-state index in [0.717, 1.165) is 22.6 Å². The first-order valence-corrected chi connectivity index (χ1v) is 5.64. The van der Waals surface area contributed by atoms with Gasteiger partial charge in [0.1, 0.15) is 11.4 Å². The molecule has 0 unspecified atom stereocenters. The Morgan fingerprint density at radius 1 is 0.833 bits per heavy atom. The number of aromatic hydroxyl groups is 1. The molecule has 0 fully saturated rings. The molecule has 2 aromatic carbocycles. The molecule has 88 valence electrons. The van der Waals surface area contributed by atoms with E-state index in [2.05, 4.69) is 5.16 Å². The molecule has 0 aliphatic carbocycles. The molecule has 3 aromatic rings. The summed E-state index contributed by atoms with van der Waals surface area (Å²) < 4.78 is 5.32. The predicted octanol–water partition coefficient (Wildman–Crippen LogP) is 3.71. The molecule has 18 heavy (non-hydrogen) atoms. The van der Waals surface area contributed by atoms with E-state index in [1.807, 2.05) is 48.5 Å². The van der Waals surface area contributed by atoms with Gasteiger partial charge < -0.3 is 9.63 Å². The van der Waals surface area contributed by atoms with Crippen LogP contribution >= 0.6 is 0 Å². The summed E-state index contributed by atoms with van der Waals surface area (Å²) in [6.45, 7) is 0. The average molecular weight is 237 g/mol. The van der Waals surface area contributed by atoms with Crippen LogP contribution in [0.3, 0.4) is 0 Å². The number of phenolic OH excluding ortho intramolecular Hbond substituents is 1. The quantitative estimate of drug-likeness (QED) is 0.739. The Morgan fingerprint density at radius 3 is 2.28 bits per heavy atom. The summed E-state index contributed by atoms with van der Waals surface area (Å²) in [4.78, 5) is 0. The molecule has 3 nitrogen and oxygen atoms in total. The van der Waals surface area contributed by atoms with Gasteiger partial charge in [0.05, 0.1) is 0 Å². The molecule has 1 heterocycles. The summed E-state index contributed by atoms with van der Waals surface area (Å²) in [5, 5.41) is 13.3. The Morgan fingerprint density at radius 2 is 1.56 bits per heavy atom. The van der Waals surface area contributed by atoms with E-state index in [0.29, 0.717) is 0 Å². The maximum atomic E-state index is 9.24. The normalized spacial score (nSPS) is 10.4. The Balaban J connectivity index is 1.97. The summed E-state index contributed by atoms with van der Waals surface area (Å²) in [6.07, 6.45) is 0. The Hall–Kier alpha value is -2.55. The van der Waals surface area contributed by atoms with Crippen molar-refractivity contribution < 1.29 is 9.63 Å². The van der Waals surface area contributed by atoms with Crippen molar-refractivity contribution in [1.82, 2.24) is 5.16 Å². The average Bonchev–Trinajstić information content (AvgIpc) is 2.90. The molecule has 0 atom stereocenters. The number of hydrogen-bond donors (Lipinski definition) is 1. The van der Waals surface area contributed by atoms with E-state index in [4.69, 9.17) is 4.52 Å². The van der Waals surface area contributed by atoms with Crippen molar-refractivity contribution >= 4 is 0 Å². The summed E-state index contributed by atoms with van der Waals surface area (Å²) in [5.74, 6) is 0.976. The number of hydrogen-bond acceptors (Lipinski definition) is 3. The highest BCUT2D eigenvalue weighted by molar-refractivity contribution is 5.66. The third kappa shape index (κ3) is 1.98. The molecule has 0 radical (unpaired) electrons. The van der Waals surface area contributed by atoms with Crippen LogP contribution in [0.25, 0.3) is 22.6 Å². The van der Waals surface area contributed by atoms with Gasteiger partial charge in [-0.15, -0.1) is 0 Å². The largest absolute Gasteiger partial charge is 0.508 e. The summed E-state index contributed by atoms with van der Waals surface area (Å²) in [6, 6.07) is 18.6. The van der Waals surface area contributed by atoms with Crippen LogP contribution in [0.1, 0.15) is 0 Å². The predicted molar refractivity (Wildman–Crippen MR) is 69.0 cm³/mol. The lowest BCUT2D eigenvalue weighted by atomic mass is 10.1. The van der Waals surface area contributed by atoms with Gasteiger partial charge in [-0.05, 0) is 24.3 Å². The van der Waals surface area contributed by atoms with Gasteiger partial charge in [-0.1, -0.05) is 35.5 Å². The highest BCUT2D eigenvalue weighted by Gasteiger charge is 2.07. The lowest BCUT2D eigenvalue weighted by molar-refractivity contribution is 0.435. The molecule has 0 saturated heterocycles. The fourth-order valence-corrected chi connectivity index (χ4v) is 1.78. The first-order chi connectivity index (χ1) is 8.83. The molecular weight excluding hydrogens is 226 g/mol. The Kier molecular flexibility index (Phi) is 2.57. The lowest BCUT2D eigenvalue weighted by Crippen LogP contribution is -1.75. The molecule has 0 aliphatic heterocycles. The van der Waals surface area contributed by atoms with Crippen LogP contribution in [0.5, 0.6) is 5.75 Å². The van der Waals surface area contributed by atoms with E-state index in [1.54, 1.807) is 12.1 Å². The van der Waals surface area contributed by atoms with E-state index in [-0.39, 0.29) is 5.75 Å². The van der Waals surface area contributed by atoms with Gasteiger partial charge >= 0.3 is 0 Å². The van der Waals surface area contributed by atoms with Gasteiger partial charge in [-0.3, -0.25) is 0 Å². The van der Waals surface area contributed by atoms with Crippen molar-refractivity contribution in [2.24, 2.45) is 0 Å². The van der Waals surface area contributed by atoms with Crippen LogP contribution in [-0.4, -0.2) is 10.3 Å². The van der Waals surface area contributed by atoms with Gasteiger partial charge in [0.2, 0.25) is 0 Å². The zero-order valence-corrected chi connectivity index (χ0v) is 9.58. The minimum absolute atomic E-state index is 0.241. The Bertz CT molecular complexity index is 642. The number of nitrogens with zero attached hydrogens (tertiary/aromatic N) is 1. The lowest BCUT2D eigenvalue weighted by Gasteiger charge is -1.94. The molecule has 1 aromatic heterocycles. The molecule has 0 amide bonds. The zero-order chi connectivity index (χ0) is 12.4. The number of phenols is 1. The number of aromatic nitrogens is 1. The SMILES string of the molecule is Oc1ccc(-c2cc(-c3ccccc3)on2)cc1. The molecular formula is C15H11NO2.